The zero-order chi connectivity index (χ0) is 18.8. The summed E-state index contributed by atoms with van der Waals surface area (Å²) < 4.78 is 12.7. The van der Waals surface area contributed by atoms with Crippen LogP contribution in [0.25, 0.3) is 10.9 Å². The summed E-state index contributed by atoms with van der Waals surface area (Å²) in [7, 11) is 1.64. The number of fused-ring (bicyclic) bond motifs is 2. The highest BCUT2D eigenvalue weighted by Gasteiger charge is 2.13. The zero-order valence-corrected chi connectivity index (χ0v) is 14.9. The van der Waals surface area contributed by atoms with Crippen molar-refractivity contribution in [2.45, 2.75) is 12.8 Å². The SMILES string of the molecule is Cn1cnc2ccc(NC(=O)Cc3ccc4c(c3)OCCCO4)cc2c1=O. The monoisotopic (exact) mass is 365 g/mol. The number of nitrogens with zero attached hydrogens (tertiary/aromatic N) is 2. The van der Waals surface area contributed by atoms with E-state index in [1.54, 1.807) is 25.2 Å². The molecule has 0 fully saturated rings. The number of benzene rings is 2. The average Bonchev–Trinajstić information content (AvgIpc) is 2.90. The van der Waals surface area contributed by atoms with Crippen LogP contribution in [0.15, 0.2) is 47.5 Å². The maximum Gasteiger partial charge on any atom is 0.260 e. The van der Waals surface area contributed by atoms with Gasteiger partial charge in [-0.3, -0.25) is 9.59 Å². The van der Waals surface area contributed by atoms with Crippen molar-refractivity contribution in [1.29, 1.82) is 0 Å². The van der Waals surface area contributed by atoms with Gasteiger partial charge in [-0.05, 0) is 35.9 Å². The second-order valence-corrected chi connectivity index (χ2v) is 6.45. The molecule has 1 aliphatic heterocycles. The van der Waals surface area contributed by atoms with Gasteiger partial charge in [0.25, 0.3) is 5.56 Å². The van der Waals surface area contributed by atoms with Gasteiger partial charge in [0.1, 0.15) is 0 Å². The van der Waals surface area contributed by atoms with Crippen molar-refractivity contribution < 1.29 is 14.3 Å². The number of nitrogens with one attached hydrogen (secondary N) is 1. The van der Waals surface area contributed by atoms with Crippen molar-refractivity contribution in [3.8, 4) is 11.5 Å². The Morgan fingerprint density at radius 3 is 2.81 bits per heavy atom. The Morgan fingerprint density at radius 1 is 1.15 bits per heavy atom. The molecule has 0 saturated carbocycles. The highest BCUT2D eigenvalue weighted by Crippen LogP contribution is 2.30. The van der Waals surface area contributed by atoms with E-state index in [1.807, 2.05) is 18.2 Å². The van der Waals surface area contributed by atoms with E-state index in [9.17, 15) is 9.59 Å². The zero-order valence-electron chi connectivity index (χ0n) is 14.9. The Balaban J connectivity index is 1.51. The van der Waals surface area contributed by atoms with Crippen LogP contribution in [0.4, 0.5) is 5.69 Å². The normalized spacial score (nSPS) is 13.2. The Bertz CT molecular complexity index is 1070. The van der Waals surface area contributed by atoms with Gasteiger partial charge in [-0.2, -0.15) is 0 Å². The van der Waals surface area contributed by atoms with Gasteiger partial charge in [0.05, 0.1) is 36.9 Å². The summed E-state index contributed by atoms with van der Waals surface area (Å²) in [5.41, 5.74) is 1.83. The molecular formula is C20H19N3O4. The fourth-order valence-corrected chi connectivity index (χ4v) is 3.00. The second-order valence-electron chi connectivity index (χ2n) is 6.45. The first-order valence-electron chi connectivity index (χ1n) is 8.74. The maximum absolute atomic E-state index is 12.4. The van der Waals surface area contributed by atoms with Crippen LogP contribution in [0, 0.1) is 0 Å². The summed E-state index contributed by atoms with van der Waals surface area (Å²) in [5, 5.41) is 3.30. The minimum Gasteiger partial charge on any atom is -0.490 e. The summed E-state index contributed by atoms with van der Waals surface area (Å²) in [4.78, 5) is 28.8. The number of hydrogen-bond donors (Lipinski definition) is 1. The molecule has 1 N–H and O–H groups in total. The molecule has 0 radical (unpaired) electrons. The van der Waals surface area contributed by atoms with Crippen LogP contribution in [0.1, 0.15) is 12.0 Å². The van der Waals surface area contributed by atoms with Crippen molar-refractivity contribution in [2.75, 3.05) is 18.5 Å². The van der Waals surface area contributed by atoms with Crippen LogP contribution in [-0.4, -0.2) is 28.7 Å². The van der Waals surface area contributed by atoms with Gasteiger partial charge in [-0.1, -0.05) is 6.07 Å². The van der Waals surface area contributed by atoms with Crippen molar-refractivity contribution in [2.24, 2.45) is 7.05 Å². The summed E-state index contributed by atoms with van der Waals surface area (Å²) in [6.45, 7) is 1.23. The van der Waals surface area contributed by atoms with E-state index in [0.717, 1.165) is 12.0 Å². The molecule has 138 valence electrons. The van der Waals surface area contributed by atoms with Crippen LogP contribution in [0.2, 0.25) is 0 Å². The van der Waals surface area contributed by atoms with E-state index < -0.39 is 0 Å². The van der Waals surface area contributed by atoms with Crippen molar-refractivity contribution in [3.63, 3.8) is 0 Å². The van der Waals surface area contributed by atoms with E-state index in [4.69, 9.17) is 9.47 Å². The number of carbonyl (C=O) groups is 1. The molecule has 1 aliphatic rings. The number of anilines is 1. The molecule has 0 aliphatic carbocycles. The lowest BCUT2D eigenvalue weighted by atomic mass is 10.1. The first-order valence-corrected chi connectivity index (χ1v) is 8.74. The number of hydrogen-bond acceptors (Lipinski definition) is 5. The van der Waals surface area contributed by atoms with Gasteiger partial charge in [0.2, 0.25) is 5.91 Å². The molecule has 0 spiro atoms. The molecular weight excluding hydrogens is 346 g/mol. The smallest absolute Gasteiger partial charge is 0.260 e. The molecule has 7 heteroatoms. The lowest BCUT2D eigenvalue weighted by Gasteiger charge is -2.10. The molecule has 4 rings (SSSR count). The summed E-state index contributed by atoms with van der Waals surface area (Å²) >= 11 is 0. The van der Waals surface area contributed by atoms with Crippen LogP contribution in [0.5, 0.6) is 11.5 Å². The molecule has 2 heterocycles. The highest BCUT2D eigenvalue weighted by atomic mass is 16.5. The van der Waals surface area contributed by atoms with E-state index in [1.165, 1.54) is 10.9 Å². The van der Waals surface area contributed by atoms with E-state index in [-0.39, 0.29) is 17.9 Å². The molecule has 27 heavy (non-hydrogen) atoms. The van der Waals surface area contributed by atoms with Gasteiger partial charge in [-0.25, -0.2) is 4.98 Å². The minimum absolute atomic E-state index is 0.154. The Morgan fingerprint density at radius 2 is 1.96 bits per heavy atom. The van der Waals surface area contributed by atoms with Crippen molar-refractivity contribution in [3.05, 3.63) is 58.6 Å². The van der Waals surface area contributed by atoms with Gasteiger partial charge in [0.15, 0.2) is 11.5 Å². The third kappa shape index (κ3) is 3.62. The molecule has 1 amide bonds. The van der Waals surface area contributed by atoms with Crippen molar-refractivity contribution in [1.82, 2.24) is 9.55 Å². The number of carbonyl (C=O) groups excluding carboxylic acids is 1. The molecule has 0 atom stereocenters. The topological polar surface area (TPSA) is 82.5 Å². The van der Waals surface area contributed by atoms with E-state index >= 15 is 0 Å². The number of amides is 1. The predicted molar refractivity (Wildman–Crippen MR) is 101 cm³/mol. The van der Waals surface area contributed by atoms with Gasteiger partial charge < -0.3 is 19.4 Å². The fraction of sp³-hybridized carbons (Fsp3) is 0.250. The molecule has 7 nitrogen and oxygen atoms in total. The molecule has 2 aromatic carbocycles. The summed E-state index contributed by atoms with van der Waals surface area (Å²) in [5.74, 6) is 1.19. The lowest BCUT2D eigenvalue weighted by Crippen LogP contribution is -2.18. The Kier molecular flexibility index (Phi) is 4.50. The van der Waals surface area contributed by atoms with Crippen molar-refractivity contribution >= 4 is 22.5 Å². The largest absolute Gasteiger partial charge is 0.490 e. The number of rotatable bonds is 3. The van der Waals surface area contributed by atoms with Gasteiger partial charge in [-0.15, -0.1) is 0 Å². The highest BCUT2D eigenvalue weighted by molar-refractivity contribution is 5.94. The fourth-order valence-electron chi connectivity index (χ4n) is 3.00. The third-order valence-corrected chi connectivity index (χ3v) is 4.38. The van der Waals surface area contributed by atoms with Gasteiger partial charge >= 0.3 is 0 Å². The minimum atomic E-state index is -0.176. The third-order valence-electron chi connectivity index (χ3n) is 4.38. The molecule has 0 unspecified atom stereocenters. The molecule has 0 saturated heterocycles. The maximum atomic E-state index is 12.4. The number of ether oxygens (including phenoxy) is 2. The average molecular weight is 365 g/mol. The molecule has 0 bridgehead atoms. The summed E-state index contributed by atoms with van der Waals surface area (Å²) in [6.07, 6.45) is 2.51. The Hall–Kier alpha value is -3.35. The lowest BCUT2D eigenvalue weighted by molar-refractivity contribution is -0.115. The Labute approximate surface area is 155 Å². The van der Waals surface area contributed by atoms with Crippen LogP contribution < -0.4 is 20.3 Å². The predicted octanol–water partition coefficient (Wildman–Crippen LogP) is 2.28. The standard InChI is InChI=1S/C20H19N3O4/c1-23-12-21-16-5-4-14(11-15(16)20(23)25)22-19(24)10-13-3-6-17-18(9-13)27-8-2-7-26-17/h3-6,9,11-12H,2,7-8,10H2,1H3,(H,22,24). The summed E-state index contributed by atoms with van der Waals surface area (Å²) in [6, 6.07) is 10.6. The number of aryl methyl sites for hydroxylation is 1. The quantitative estimate of drug-likeness (QED) is 0.770. The van der Waals surface area contributed by atoms with Crippen LogP contribution in [-0.2, 0) is 18.3 Å². The van der Waals surface area contributed by atoms with Crippen LogP contribution >= 0.6 is 0 Å². The first kappa shape index (κ1) is 17.1. The molecule has 3 aromatic rings. The van der Waals surface area contributed by atoms with E-state index in [2.05, 4.69) is 10.3 Å². The van der Waals surface area contributed by atoms with Gasteiger partial charge in [0, 0.05) is 19.2 Å². The van der Waals surface area contributed by atoms with E-state index in [0.29, 0.717) is 41.3 Å². The first-order chi connectivity index (χ1) is 13.1. The number of aromatic nitrogens is 2. The second kappa shape index (κ2) is 7.11. The van der Waals surface area contributed by atoms with Crippen LogP contribution in [0.3, 0.4) is 0 Å². The molecule has 1 aromatic heterocycles.